The third kappa shape index (κ3) is 7.01. The van der Waals surface area contributed by atoms with Crippen LogP contribution in [0.25, 0.3) is 0 Å². The zero-order valence-electron chi connectivity index (χ0n) is 22.0. The van der Waals surface area contributed by atoms with Crippen molar-refractivity contribution < 1.29 is 28.4 Å². The lowest BCUT2D eigenvalue weighted by Crippen LogP contribution is -2.43. The van der Waals surface area contributed by atoms with E-state index in [0.717, 1.165) is 19.3 Å². The van der Waals surface area contributed by atoms with Gasteiger partial charge in [-0.3, -0.25) is 19.2 Å². The smallest absolute Gasteiger partial charge is 0.330 e. The Kier molecular flexibility index (Phi) is 8.95. The van der Waals surface area contributed by atoms with Crippen molar-refractivity contribution in [3.8, 4) is 0 Å². The summed E-state index contributed by atoms with van der Waals surface area (Å²) in [7, 11) is 0. The highest BCUT2D eigenvalue weighted by Crippen LogP contribution is 2.22. The van der Waals surface area contributed by atoms with Crippen LogP contribution in [0.4, 0.5) is 5.69 Å². The largest absolute Gasteiger partial charge is 0.459 e. The Morgan fingerprint density at radius 2 is 2.08 bits per heavy atom. The number of aromatic nitrogens is 2. The minimum Gasteiger partial charge on any atom is -0.459 e. The lowest BCUT2D eigenvalue weighted by atomic mass is 9.96. The predicted molar refractivity (Wildman–Crippen MR) is 140 cm³/mol. The van der Waals surface area contributed by atoms with Gasteiger partial charge in [0.15, 0.2) is 5.69 Å². The minimum absolute atomic E-state index is 0.0211. The van der Waals surface area contributed by atoms with Crippen molar-refractivity contribution >= 4 is 29.4 Å². The molecular weight excluding hydrogens is 506 g/mol. The van der Waals surface area contributed by atoms with Crippen molar-refractivity contribution in [2.75, 3.05) is 11.9 Å². The summed E-state index contributed by atoms with van der Waals surface area (Å²) in [5, 5.41) is 11.8. The maximum atomic E-state index is 13.4. The maximum absolute atomic E-state index is 13.4. The van der Waals surface area contributed by atoms with Crippen LogP contribution in [-0.4, -0.2) is 52.1 Å². The number of nitrogens with one attached hydrogen (secondary N) is 3. The summed E-state index contributed by atoms with van der Waals surface area (Å²) < 4.78 is 11.5. The van der Waals surface area contributed by atoms with E-state index in [0.29, 0.717) is 25.1 Å². The average molecular weight is 540 g/mol. The van der Waals surface area contributed by atoms with E-state index in [1.54, 1.807) is 19.9 Å². The molecule has 39 heavy (non-hydrogen) atoms. The quantitative estimate of drug-likeness (QED) is 0.289. The number of carbonyl (C=O) groups is 4. The molecule has 2 aromatic heterocycles. The molecule has 4 rings (SSSR count). The van der Waals surface area contributed by atoms with Gasteiger partial charge >= 0.3 is 5.97 Å². The van der Waals surface area contributed by atoms with Gasteiger partial charge in [0, 0.05) is 36.8 Å². The van der Waals surface area contributed by atoms with E-state index in [-0.39, 0.29) is 35.7 Å². The van der Waals surface area contributed by atoms with Gasteiger partial charge in [-0.2, -0.15) is 0 Å². The Hall–Kier alpha value is -4.22. The number of amides is 3. The minimum atomic E-state index is -0.904. The predicted octanol–water partition coefficient (Wildman–Crippen LogP) is 2.01. The summed E-state index contributed by atoms with van der Waals surface area (Å²) in [4.78, 5) is 63.5. The number of esters is 1. The Labute approximate surface area is 225 Å². The molecule has 0 spiro atoms. The van der Waals surface area contributed by atoms with Crippen LogP contribution in [0.2, 0.25) is 0 Å². The maximum Gasteiger partial charge on any atom is 0.330 e. The van der Waals surface area contributed by atoms with Crippen LogP contribution in [0.3, 0.4) is 0 Å². The molecule has 2 fully saturated rings. The Morgan fingerprint density at radius 3 is 2.69 bits per heavy atom. The molecule has 3 heterocycles. The van der Waals surface area contributed by atoms with Crippen molar-refractivity contribution in [2.24, 2.45) is 5.92 Å². The van der Waals surface area contributed by atoms with Crippen LogP contribution in [0.1, 0.15) is 67.7 Å². The van der Waals surface area contributed by atoms with Crippen molar-refractivity contribution in [1.82, 2.24) is 20.4 Å². The van der Waals surface area contributed by atoms with Gasteiger partial charge in [-0.15, -0.1) is 0 Å². The third-order valence-electron chi connectivity index (χ3n) is 6.94. The molecule has 208 valence electrons. The second-order valence-electron chi connectivity index (χ2n) is 9.81. The molecule has 12 nitrogen and oxygen atoms in total. The first kappa shape index (κ1) is 27.8. The molecule has 12 heteroatoms. The normalized spacial score (nSPS) is 18.7. The van der Waals surface area contributed by atoms with Crippen molar-refractivity contribution in [2.45, 2.75) is 70.6 Å². The number of hydrogen-bond donors (Lipinski definition) is 3. The topological polar surface area (TPSA) is 162 Å². The Morgan fingerprint density at radius 1 is 1.28 bits per heavy atom. The summed E-state index contributed by atoms with van der Waals surface area (Å²) in [6.07, 6.45) is 8.11. The highest BCUT2D eigenvalue weighted by Gasteiger charge is 2.29. The monoisotopic (exact) mass is 539 g/mol. The average Bonchev–Trinajstić information content (AvgIpc) is 3.50. The highest BCUT2D eigenvalue weighted by molar-refractivity contribution is 6.02. The first-order valence-electron chi connectivity index (χ1n) is 13.2. The Balaban J connectivity index is 1.49. The van der Waals surface area contributed by atoms with E-state index in [9.17, 15) is 24.0 Å². The number of pyridine rings is 1. The zero-order chi connectivity index (χ0) is 27.9. The van der Waals surface area contributed by atoms with E-state index in [1.807, 2.05) is 0 Å². The molecular formula is C27H33N5O7. The van der Waals surface area contributed by atoms with Gasteiger partial charge in [0.1, 0.15) is 23.6 Å². The number of carbonyl (C=O) groups excluding carboxylic acids is 4. The van der Waals surface area contributed by atoms with Gasteiger partial charge in [-0.05, 0) is 57.6 Å². The van der Waals surface area contributed by atoms with E-state index in [2.05, 4.69) is 21.1 Å². The number of rotatable bonds is 11. The summed E-state index contributed by atoms with van der Waals surface area (Å²) in [5.41, 5.74) is -0.569. The van der Waals surface area contributed by atoms with Gasteiger partial charge < -0.3 is 29.8 Å². The standard InChI is InChI=1S/C27H33N5O7/c1-3-22(32-13-5-8-20(27(32)37)30-25(35)21-14-16(2)39-31-21)26(36)29-18(15-17-11-12-28-24(17)34)9-10-23(33)38-19-6-4-7-19/h5,8-10,13-14,17-19,22H,3-4,6-7,11-12,15H2,1-2H3,(H,28,34)(H,29,36)(H,30,35)/b10-9+/t17-,18+,22+/m0/s1. The van der Waals surface area contributed by atoms with Gasteiger partial charge in [0.05, 0.1) is 0 Å². The molecule has 0 aromatic carbocycles. The molecule has 1 aliphatic heterocycles. The lowest BCUT2D eigenvalue weighted by Gasteiger charge is -2.25. The molecule has 3 atom stereocenters. The van der Waals surface area contributed by atoms with Crippen molar-refractivity contribution in [1.29, 1.82) is 0 Å². The lowest BCUT2D eigenvalue weighted by molar-refractivity contribution is -0.146. The third-order valence-corrected chi connectivity index (χ3v) is 6.94. The SMILES string of the molecule is CC[C@H](C(=O)N[C@H](/C=C/C(=O)OC1CCC1)C[C@@H]1CCNC1=O)n1cccc(NC(=O)c2cc(C)on2)c1=O. The molecule has 3 N–H and O–H groups in total. The molecule has 1 aliphatic carbocycles. The summed E-state index contributed by atoms with van der Waals surface area (Å²) in [6, 6.07) is 2.89. The summed E-state index contributed by atoms with van der Waals surface area (Å²) >= 11 is 0. The molecule has 2 aliphatic rings. The molecule has 0 bridgehead atoms. The van der Waals surface area contributed by atoms with E-state index in [4.69, 9.17) is 9.26 Å². The first-order valence-corrected chi connectivity index (χ1v) is 13.2. The van der Waals surface area contributed by atoms with Crippen LogP contribution < -0.4 is 21.5 Å². The summed E-state index contributed by atoms with van der Waals surface area (Å²) in [6.45, 7) is 3.95. The van der Waals surface area contributed by atoms with Crippen LogP contribution in [0.5, 0.6) is 0 Å². The fraction of sp³-hybridized carbons (Fsp3) is 0.481. The number of anilines is 1. The first-order chi connectivity index (χ1) is 18.7. The molecule has 1 saturated heterocycles. The molecule has 1 saturated carbocycles. The molecule has 2 aromatic rings. The van der Waals surface area contributed by atoms with Gasteiger partial charge in [0.25, 0.3) is 11.5 Å². The second-order valence-corrected chi connectivity index (χ2v) is 9.81. The summed E-state index contributed by atoms with van der Waals surface area (Å²) in [5.74, 6) is -1.55. The van der Waals surface area contributed by atoms with E-state index in [1.165, 1.54) is 35.0 Å². The second kappa shape index (κ2) is 12.5. The van der Waals surface area contributed by atoms with Gasteiger partial charge in [-0.1, -0.05) is 18.2 Å². The highest BCUT2D eigenvalue weighted by atomic mass is 16.5. The van der Waals surface area contributed by atoms with Crippen molar-refractivity contribution in [3.63, 3.8) is 0 Å². The number of hydrogen-bond acceptors (Lipinski definition) is 8. The van der Waals surface area contributed by atoms with E-state index >= 15 is 0 Å². The van der Waals surface area contributed by atoms with E-state index < -0.39 is 35.4 Å². The van der Waals surface area contributed by atoms with Crippen LogP contribution in [0.15, 0.2) is 45.9 Å². The van der Waals surface area contributed by atoms with Crippen LogP contribution in [-0.2, 0) is 19.1 Å². The van der Waals surface area contributed by atoms with Gasteiger partial charge in [0.2, 0.25) is 11.8 Å². The number of nitrogens with zero attached hydrogens (tertiary/aromatic N) is 2. The van der Waals surface area contributed by atoms with Crippen LogP contribution >= 0.6 is 0 Å². The van der Waals surface area contributed by atoms with Gasteiger partial charge in [-0.25, -0.2) is 4.79 Å². The van der Waals surface area contributed by atoms with Crippen molar-refractivity contribution in [3.05, 3.63) is 58.4 Å². The molecule has 3 amide bonds. The number of aryl methyl sites for hydroxylation is 1. The molecule has 0 unspecified atom stereocenters. The number of ether oxygens (including phenoxy) is 1. The fourth-order valence-electron chi connectivity index (χ4n) is 4.55. The Bertz CT molecular complexity index is 1310. The molecule has 0 radical (unpaired) electrons. The fourth-order valence-corrected chi connectivity index (χ4v) is 4.55. The zero-order valence-corrected chi connectivity index (χ0v) is 22.0. The van der Waals surface area contributed by atoms with Crippen LogP contribution in [0, 0.1) is 12.8 Å².